The van der Waals surface area contributed by atoms with Gasteiger partial charge in [-0.1, -0.05) is 12.1 Å². The summed E-state index contributed by atoms with van der Waals surface area (Å²) in [4.78, 5) is 0.358. The number of aryl methyl sites for hydroxylation is 3. The third-order valence-electron chi connectivity index (χ3n) is 3.05. The Morgan fingerprint density at radius 2 is 2.10 bits per heavy atom. The molecular weight excluding hydrogens is 274 g/mol. The summed E-state index contributed by atoms with van der Waals surface area (Å²) in [5.41, 5.74) is 1.70. The van der Waals surface area contributed by atoms with Crippen molar-refractivity contribution in [1.82, 2.24) is 14.5 Å². The van der Waals surface area contributed by atoms with Crippen molar-refractivity contribution in [2.45, 2.75) is 31.7 Å². The smallest absolute Gasteiger partial charge is 0.240 e. The Kier molecular flexibility index (Phi) is 4.57. The van der Waals surface area contributed by atoms with Crippen molar-refractivity contribution in [3.05, 3.63) is 47.8 Å². The Morgan fingerprint density at radius 3 is 2.80 bits per heavy atom. The fraction of sp³-hybridized carbons (Fsp3) is 0.357. The largest absolute Gasteiger partial charge is 0.273 e. The number of nitrogens with one attached hydrogen (secondary N) is 1. The first kappa shape index (κ1) is 14.7. The summed E-state index contributed by atoms with van der Waals surface area (Å²) >= 11 is 0. The molecular formula is C14H19N3O2S. The van der Waals surface area contributed by atoms with Gasteiger partial charge in [-0.05, 0) is 43.5 Å². The number of rotatable bonds is 6. The van der Waals surface area contributed by atoms with E-state index in [0.29, 0.717) is 24.4 Å². The Hall–Kier alpha value is -1.66. The molecule has 1 heterocycles. The van der Waals surface area contributed by atoms with Crippen molar-refractivity contribution in [2.24, 2.45) is 0 Å². The van der Waals surface area contributed by atoms with Crippen molar-refractivity contribution in [3.8, 4) is 0 Å². The summed E-state index contributed by atoms with van der Waals surface area (Å²) in [6.45, 7) is 4.78. The van der Waals surface area contributed by atoms with Gasteiger partial charge in [-0.25, -0.2) is 13.1 Å². The lowest BCUT2D eigenvalue weighted by molar-refractivity contribution is 0.552. The maximum atomic E-state index is 12.2. The molecule has 2 rings (SSSR count). The molecule has 1 aromatic carbocycles. The second kappa shape index (κ2) is 6.19. The van der Waals surface area contributed by atoms with Gasteiger partial charge in [-0.15, -0.1) is 0 Å². The summed E-state index contributed by atoms with van der Waals surface area (Å²) < 4.78 is 28.9. The minimum absolute atomic E-state index is 0.358. The molecule has 0 unspecified atom stereocenters. The summed E-state index contributed by atoms with van der Waals surface area (Å²) in [5.74, 6) is 0. The molecule has 108 valence electrons. The molecule has 0 fully saturated rings. The van der Waals surface area contributed by atoms with E-state index in [1.165, 1.54) is 0 Å². The predicted molar refractivity (Wildman–Crippen MR) is 77.9 cm³/mol. The topological polar surface area (TPSA) is 64.0 Å². The average molecular weight is 293 g/mol. The van der Waals surface area contributed by atoms with Gasteiger partial charge in [0.25, 0.3) is 0 Å². The number of hydrogen-bond donors (Lipinski definition) is 1. The van der Waals surface area contributed by atoms with Crippen LogP contribution in [0.25, 0.3) is 0 Å². The first-order valence-electron chi connectivity index (χ1n) is 6.53. The zero-order valence-electron chi connectivity index (χ0n) is 11.7. The highest BCUT2D eigenvalue weighted by Gasteiger charge is 2.15. The van der Waals surface area contributed by atoms with Crippen LogP contribution in [0, 0.1) is 13.8 Å². The van der Waals surface area contributed by atoms with Crippen LogP contribution in [0.3, 0.4) is 0 Å². The first-order valence-corrected chi connectivity index (χ1v) is 8.02. The van der Waals surface area contributed by atoms with Crippen LogP contribution in [0.1, 0.15) is 17.5 Å². The van der Waals surface area contributed by atoms with Gasteiger partial charge in [0.1, 0.15) is 0 Å². The molecule has 6 heteroatoms. The Labute approximate surface area is 119 Å². The highest BCUT2D eigenvalue weighted by Crippen LogP contribution is 2.16. The van der Waals surface area contributed by atoms with E-state index in [9.17, 15) is 8.42 Å². The fourth-order valence-electron chi connectivity index (χ4n) is 1.95. The van der Waals surface area contributed by atoms with Crippen LogP contribution in [0.2, 0.25) is 0 Å². The quantitative estimate of drug-likeness (QED) is 0.827. The molecule has 0 atom stereocenters. The zero-order chi connectivity index (χ0) is 14.6. The molecule has 0 amide bonds. The molecule has 20 heavy (non-hydrogen) atoms. The van der Waals surface area contributed by atoms with Crippen LogP contribution in [0.4, 0.5) is 0 Å². The summed E-state index contributed by atoms with van der Waals surface area (Å²) in [5, 5.41) is 4.07. The molecule has 0 aliphatic rings. The summed E-state index contributed by atoms with van der Waals surface area (Å²) in [6, 6.07) is 7.28. The monoisotopic (exact) mass is 293 g/mol. The highest BCUT2D eigenvalue weighted by molar-refractivity contribution is 7.89. The Balaban J connectivity index is 1.95. The molecule has 1 aromatic heterocycles. The van der Waals surface area contributed by atoms with Crippen LogP contribution >= 0.6 is 0 Å². The summed E-state index contributed by atoms with van der Waals surface area (Å²) in [7, 11) is -3.43. The van der Waals surface area contributed by atoms with E-state index in [1.54, 1.807) is 23.9 Å². The third-order valence-corrected chi connectivity index (χ3v) is 4.65. The standard InChI is InChI=1S/C14H19N3O2S/c1-12-5-6-13(2)14(11-12)20(18,19)16-8-4-10-17-9-3-7-15-17/h3,5-7,9,11,16H,4,8,10H2,1-2H3. The molecule has 0 aliphatic heterocycles. The van der Waals surface area contributed by atoms with E-state index in [2.05, 4.69) is 9.82 Å². The van der Waals surface area contributed by atoms with Gasteiger partial charge in [0.15, 0.2) is 0 Å². The molecule has 0 saturated carbocycles. The molecule has 0 saturated heterocycles. The van der Waals surface area contributed by atoms with Crippen LogP contribution in [-0.4, -0.2) is 24.7 Å². The lowest BCUT2D eigenvalue weighted by atomic mass is 10.2. The number of benzene rings is 1. The summed E-state index contributed by atoms with van der Waals surface area (Å²) in [6.07, 6.45) is 4.27. The highest BCUT2D eigenvalue weighted by atomic mass is 32.2. The Morgan fingerprint density at radius 1 is 1.30 bits per heavy atom. The van der Waals surface area contributed by atoms with Crippen molar-refractivity contribution in [1.29, 1.82) is 0 Å². The van der Waals surface area contributed by atoms with Crippen molar-refractivity contribution >= 4 is 10.0 Å². The van der Waals surface area contributed by atoms with E-state index in [1.807, 2.05) is 31.3 Å². The lowest BCUT2D eigenvalue weighted by Crippen LogP contribution is -2.26. The van der Waals surface area contributed by atoms with Crippen LogP contribution in [0.5, 0.6) is 0 Å². The molecule has 0 spiro atoms. The van der Waals surface area contributed by atoms with Gasteiger partial charge in [0, 0.05) is 25.5 Å². The molecule has 5 nitrogen and oxygen atoms in total. The van der Waals surface area contributed by atoms with E-state index < -0.39 is 10.0 Å². The third kappa shape index (κ3) is 3.68. The Bertz CT molecular complexity index is 664. The van der Waals surface area contributed by atoms with Gasteiger partial charge in [-0.3, -0.25) is 4.68 Å². The van der Waals surface area contributed by atoms with E-state index in [4.69, 9.17) is 0 Å². The average Bonchev–Trinajstić information content (AvgIpc) is 2.90. The number of sulfonamides is 1. The number of hydrogen-bond acceptors (Lipinski definition) is 3. The number of aromatic nitrogens is 2. The van der Waals surface area contributed by atoms with Gasteiger partial charge < -0.3 is 0 Å². The minimum atomic E-state index is -3.43. The second-order valence-corrected chi connectivity index (χ2v) is 6.52. The normalized spacial score (nSPS) is 11.7. The first-order chi connectivity index (χ1) is 9.49. The molecule has 2 aromatic rings. The van der Waals surface area contributed by atoms with E-state index in [0.717, 1.165) is 11.1 Å². The van der Waals surface area contributed by atoms with Crippen molar-refractivity contribution in [3.63, 3.8) is 0 Å². The SMILES string of the molecule is Cc1ccc(C)c(S(=O)(=O)NCCCn2cccn2)c1. The van der Waals surface area contributed by atoms with Gasteiger partial charge in [0.2, 0.25) is 10.0 Å². The predicted octanol–water partition coefficient (Wildman–Crippen LogP) is 1.87. The van der Waals surface area contributed by atoms with Crippen LogP contribution in [-0.2, 0) is 16.6 Å². The van der Waals surface area contributed by atoms with Crippen molar-refractivity contribution in [2.75, 3.05) is 6.54 Å². The van der Waals surface area contributed by atoms with E-state index in [-0.39, 0.29) is 0 Å². The van der Waals surface area contributed by atoms with Gasteiger partial charge >= 0.3 is 0 Å². The molecule has 0 radical (unpaired) electrons. The van der Waals surface area contributed by atoms with E-state index >= 15 is 0 Å². The zero-order valence-corrected chi connectivity index (χ0v) is 12.5. The maximum Gasteiger partial charge on any atom is 0.240 e. The fourth-order valence-corrected chi connectivity index (χ4v) is 3.36. The van der Waals surface area contributed by atoms with Crippen molar-refractivity contribution < 1.29 is 8.42 Å². The van der Waals surface area contributed by atoms with Crippen LogP contribution < -0.4 is 4.72 Å². The second-order valence-electron chi connectivity index (χ2n) is 4.79. The minimum Gasteiger partial charge on any atom is -0.273 e. The lowest BCUT2D eigenvalue weighted by Gasteiger charge is -2.10. The molecule has 1 N–H and O–H groups in total. The van der Waals surface area contributed by atoms with Crippen LogP contribution in [0.15, 0.2) is 41.6 Å². The maximum absolute atomic E-state index is 12.2. The molecule has 0 aliphatic carbocycles. The van der Waals surface area contributed by atoms with Gasteiger partial charge in [-0.2, -0.15) is 5.10 Å². The van der Waals surface area contributed by atoms with Gasteiger partial charge in [0.05, 0.1) is 4.90 Å². The number of nitrogens with zero attached hydrogens (tertiary/aromatic N) is 2. The molecule has 0 bridgehead atoms.